The Morgan fingerprint density at radius 1 is 0.615 bits per heavy atom. The van der Waals surface area contributed by atoms with Gasteiger partial charge in [0.1, 0.15) is 0 Å². The first-order valence-electron chi connectivity index (χ1n) is 8.19. The van der Waals surface area contributed by atoms with Crippen LogP contribution in [-0.2, 0) is 0 Å². The molecule has 0 amide bonds. The van der Waals surface area contributed by atoms with E-state index in [9.17, 15) is 14.4 Å². The number of carbonyl (C=O) groups is 3. The summed E-state index contributed by atoms with van der Waals surface area (Å²) in [6.07, 6.45) is 1.54. The molecule has 3 rings (SSSR count). The average Bonchev–Trinajstić information content (AvgIpc) is 2.67. The highest BCUT2D eigenvalue weighted by Crippen LogP contribution is 2.19. The molecule has 0 N–H and O–H groups in total. The summed E-state index contributed by atoms with van der Waals surface area (Å²) in [6, 6.07) is 17.3. The van der Waals surface area contributed by atoms with Crippen molar-refractivity contribution in [2.75, 3.05) is 0 Å². The number of ketones is 3. The minimum absolute atomic E-state index is 0.0150. The molecule has 0 radical (unpaired) electrons. The molecule has 0 saturated heterocycles. The summed E-state index contributed by atoms with van der Waals surface area (Å²) < 4.78 is 0. The summed E-state index contributed by atoms with van der Waals surface area (Å²) in [5, 5.41) is 0. The van der Waals surface area contributed by atoms with E-state index in [4.69, 9.17) is 0 Å². The standard InChI is InChI=1S/C22H17NO3/c1-14(24)16-3-7-18(8-4-16)21-12-11-20(13-23-21)22(26)19-9-5-17(6-10-19)15(2)25/h3-13H,1-2H3. The van der Waals surface area contributed by atoms with Crippen LogP contribution in [0, 0.1) is 0 Å². The third-order valence-corrected chi connectivity index (χ3v) is 4.17. The van der Waals surface area contributed by atoms with Crippen LogP contribution in [-0.4, -0.2) is 22.3 Å². The quantitative estimate of drug-likeness (QED) is 0.645. The molecule has 128 valence electrons. The lowest BCUT2D eigenvalue weighted by molar-refractivity contribution is 0.100. The van der Waals surface area contributed by atoms with Crippen molar-refractivity contribution in [1.82, 2.24) is 4.98 Å². The van der Waals surface area contributed by atoms with Crippen LogP contribution in [0.25, 0.3) is 11.3 Å². The minimum Gasteiger partial charge on any atom is -0.295 e. The van der Waals surface area contributed by atoms with Gasteiger partial charge in [0.15, 0.2) is 17.3 Å². The third kappa shape index (κ3) is 3.64. The second-order valence-corrected chi connectivity index (χ2v) is 6.03. The van der Waals surface area contributed by atoms with Crippen molar-refractivity contribution < 1.29 is 14.4 Å². The number of hydrogen-bond donors (Lipinski definition) is 0. The van der Waals surface area contributed by atoms with Crippen molar-refractivity contribution in [3.05, 3.63) is 89.1 Å². The van der Waals surface area contributed by atoms with Crippen molar-refractivity contribution in [3.8, 4) is 11.3 Å². The number of carbonyl (C=O) groups excluding carboxylic acids is 3. The van der Waals surface area contributed by atoms with Crippen molar-refractivity contribution >= 4 is 17.3 Å². The number of Topliss-reactive ketones (excluding diaryl/α,β-unsaturated/α-hetero) is 2. The molecule has 0 unspecified atom stereocenters. The Balaban J connectivity index is 1.81. The summed E-state index contributed by atoms with van der Waals surface area (Å²) in [7, 11) is 0. The Labute approximate surface area is 151 Å². The SMILES string of the molecule is CC(=O)c1ccc(C(=O)c2ccc(-c3ccc(C(C)=O)cc3)nc2)cc1. The second kappa shape index (κ2) is 7.23. The smallest absolute Gasteiger partial charge is 0.194 e. The highest BCUT2D eigenvalue weighted by atomic mass is 16.1. The molecule has 4 nitrogen and oxygen atoms in total. The molecule has 0 aliphatic rings. The van der Waals surface area contributed by atoms with E-state index in [2.05, 4.69) is 4.98 Å². The molecule has 0 aliphatic carbocycles. The molecule has 0 saturated carbocycles. The summed E-state index contributed by atoms with van der Waals surface area (Å²) in [4.78, 5) is 39.5. The number of benzene rings is 2. The highest BCUT2D eigenvalue weighted by molar-refractivity contribution is 6.09. The summed E-state index contributed by atoms with van der Waals surface area (Å²) in [6.45, 7) is 3.01. The average molecular weight is 343 g/mol. The number of aromatic nitrogens is 1. The Morgan fingerprint density at radius 2 is 1.08 bits per heavy atom. The predicted molar refractivity (Wildman–Crippen MR) is 99.6 cm³/mol. The number of pyridine rings is 1. The van der Waals surface area contributed by atoms with E-state index >= 15 is 0 Å². The Kier molecular flexibility index (Phi) is 4.85. The summed E-state index contributed by atoms with van der Waals surface area (Å²) in [5.41, 5.74) is 3.81. The van der Waals surface area contributed by atoms with Gasteiger partial charge < -0.3 is 0 Å². The molecule has 3 aromatic rings. The van der Waals surface area contributed by atoms with Crippen LogP contribution in [0.4, 0.5) is 0 Å². The normalized spacial score (nSPS) is 10.4. The van der Waals surface area contributed by atoms with Crippen LogP contribution in [0.15, 0.2) is 66.9 Å². The molecule has 0 atom stereocenters. The van der Waals surface area contributed by atoms with Crippen LogP contribution in [0.1, 0.15) is 50.5 Å². The van der Waals surface area contributed by atoms with E-state index in [0.717, 1.165) is 11.3 Å². The van der Waals surface area contributed by atoms with E-state index in [0.29, 0.717) is 22.3 Å². The maximum atomic E-state index is 12.5. The zero-order valence-corrected chi connectivity index (χ0v) is 14.5. The first kappa shape index (κ1) is 17.4. The lowest BCUT2D eigenvalue weighted by Crippen LogP contribution is -2.03. The lowest BCUT2D eigenvalue weighted by atomic mass is 10.0. The summed E-state index contributed by atoms with van der Waals surface area (Å²) >= 11 is 0. The molecular weight excluding hydrogens is 326 g/mol. The maximum Gasteiger partial charge on any atom is 0.194 e. The fourth-order valence-corrected chi connectivity index (χ4v) is 2.60. The maximum absolute atomic E-state index is 12.5. The van der Waals surface area contributed by atoms with Crippen LogP contribution in [0.2, 0.25) is 0 Å². The number of rotatable bonds is 5. The topological polar surface area (TPSA) is 64.1 Å². The first-order valence-corrected chi connectivity index (χ1v) is 8.19. The second-order valence-electron chi connectivity index (χ2n) is 6.03. The highest BCUT2D eigenvalue weighted by Gasteiger charge is 2.11. The zero-order valence-electron chi connectivity index (χ0n) is 14.5. The molecule has 2 aromatic carbocycles. The predicted octanol–water partition coefficient (Wildman–Crippen LogP) is 4.38. The van der Waals surface area contributed by atoms with Crippen LogP contribution in [0.5, 0.6) is 0 Å². The molecule has 1 heterocycles. The van der Waals surface area contributed by atoms with Gasteiger partial charge in [-0.15, -0.1) is 0 Å². The van der Waals surface area contributed by atoms with Crippen molar-refractivity contribution in [1.29, 1.82) is 0 Å². The van der Waals surface area contributed by atoms with Crippen LogP contribution < -0.4 is 0 Å². The van der Waals surface area contributed by atoms with Gasteiger partial charge in [-0.1, -0.05) is 48.5 Å². The fourth-order valence-electron chi connectivity index (χ4n) is 2.60. The molecule has 0 fully saturated rings. The van der Waals surface area contributed by atoms with Gasteiger partial charge in [0.05, 0.1) is 5.69 Å². The number of nitrogens with zero attached hydrogens (tertiary/aromatic N) is 1. The van der Waals surface area contributed by atoms with Crippen molar-refractivity contribution in [3.63, 3.8) is 0 Å². The van der Waals surface area contributed by atoms with Crippen molar-refractivity contribution in [2.24, 2.45) is 0 Å². The van der Waals surface area contributed by atoms with Gasteiger partial charge in [-0.25, -0.2) is 0 Å². The van der Waals surface area contributed by atoms with E-state index < -0.39 is 0 Å². The van der Waals surface area contributed by atoms with Gasteiger partial charge in [-0.2, -0.15) is 0 Å². The van der Waals surface area contributed by atoms with Crippen LogP contribution in [0.3, 0.4) is 0 Å². The van der Waals surface area contributed by atoms with E-state index in [-0.39, 0.29) is 17.3 Å². The van der Waals surface area contributed by atoms with E-state index in [1.165, 1.54) is 20.0 Å². The van der Waals surface area contributed by atoms with E-state index in [1.54, 1.807) is 48.5 Å². The van der Waals surface area contributed by atoms with Crippen LogP contribution >= 0.6 is 0 Å². The third-order valence-electron chi connectivity index (χ3n) is 4.17. The van der Waals surface area contributed by atoms with Gasteiger partial charge in [0.25, 0.3) is 0 Å². The molecule has 1 aromatic heterocycles. The van der Waals surface area contributed by atoms with Crippen molar-refractivity contribution in [2.45, 2.75) is 13.8 Å². The molecular formula is C22H17NO3. The monoisotopic (exact) mass is 343 g/mol. The molecule has 26 heavy (non-hydrogen) atoms. The fraction of sp³-hybridized carbons (Fsp3) is 0.0909. The molecule has 0 spiro atoms. The Morgan fingerprint density at radius 3 is 1.54 bits per heavy atom. The minimum atomic E-state index is -0.147. The largest absolute Gasteiger partial charge is 0.295 e. The molecule has 0 aliphatic heterocycles. The zero-order chi connectivity index (χ0) is 18.7. The van der Waals surface area contributed by atoms with Gasteiger partial charge in [0.2, 0.25) is 0 Å². The van der Waals surface area contributed by atoms with E-state index in [1.807, 2.05) is 12.1 Å². The summed E-state index contributed by atoms with van der Waals surface area (Å²) in [5.74, 6) is -0.168. The Bertz CT molecular complexity index is 969. The molecule has 4 heteroatoms. The first-order chi connectivity index (χ1) is 12.5. The molecule has 0 bridgehead atoms. The van der Waals surface area contributed by atoms with Gasteiger partial charge >= 0.3 is 0 Å². The van der Waals surface area contributed by atoms with Gasteiger partial charge in [0, 0.05) is 34.0 Å². The lowest BCUT2D eigenvalue weighted by Gasteiger charge is -2.05. The van der Waals surface area contributed by atoms with Gasteiger partial charge in [-0.3, -0.25) is 19.4 Å². The number of hydrogen-bond acceptors (Lipinski definition) is 4. The Hall–Kier alpha value is -3.40. The van der Waals surface area contributed by atoms with Gasteiger partial charge in [-0.05, 0) is 26.0 Å².